The Morgan fingerprint density at radius 2 is 1.75 bits per heavy atom. The van der Waals surface area contributed by atoms with Gasteiger partial charge < -0.3 is 5.32 Å². The van der Waals surface area contributed by atoms with Gasteiger partial charge in [-0.1, -0.05) is 6.92 Å². The van der Waals surface area contributed by atoms with Gasteiger partial charge in [0.05, 0.1) is 4.75 Å². The summed E-state index contributed by atoms with van der Waals surface area (Å²) in [5.74, 6) is 0. The van der Waals surface area contributed by atoms with Crippen molar-refractivity contribution in [1.29, 1.82) is 0 Å². The van der Waals surface area contributed by atoms with Crippen molar-refractivity contribution in [1.82, 2.24) is 10.2 Å². The van der Waals surface area contributed by atoms with Crippen LogP contribution >= 0.6 is 0 Å². The van der Waals surface area contributed by atoms with E-state index in [0.717, 1.165) is 6.54 Å². The van der Waals surface area contributed by atoms with Crippen LogP contribution in [0.2, 0.25) is 0 Å². The van der Waals surface area contributed by atoms with Crippen molar-refractivity contribution in [3.05, 3.63) is 0 Å². The van der Waals surface area contributed by atoms with Crippen LogP contribution < -0.4 is 5.32 Å². The average molecular weight is 302 g/mol. The summed E-state index contributed by atoms with van der Waals surface area (Å²) in [7, 11) is -3.01. The summed E-state index contributed by atoms with van der Waals surface area (Å²) in [6, 6.07) is 1.78. The van der Waals surface area contributed by atoms with Crippen LogP contribution in [0.1, 0.15) is 52.9 Å². The second-order valence-electron chi connectivity index (χ2n) is 7.21. The quantitative estimate of drug-likeness (QED) is 0.813. The molecular weight excluding hydrogens is 272 g/mol. The summed E-state index contributed by atoms with van der Waals surface area (Å²) < 4.78 is 23.2. The Kier molecular flexibility index (Phi) is 4.82. The monoisotopic (exact) mass is 302 g/mol. The Morgan fingerprint density at radius 3 is 2.20 bits per heavy atom. The van der Waals surface area contributed by atoms with Gasteiger partial charge in [-0.3, -0.25) is 4.90 Å². The summed E-state index contributed by atoms with van der Waals surface area (Å²) in [6.45, 7) is 7.71. The second kappa shape index (κ2) is 5.93. The van der Waals surface area contributed by atoms with Crippen molar-refractivity contribution < 1.29 is 8.42 Å². The maximum absolute atomic E-state index is 11.9. The molecule has 0 aromatic heterocycles. The van der Waals surface area contributed by atoms with Gasteiger partial charge in [-0.15, -0.1) is 0 Å². The number of nitrogens with zero attached hydrogens (tertiary/aromatic N) is 1. The molecule has 0 saturated carbocycles. The van der Waals surface area contributed by atoms with Gasteiger partial charge in [0.1, 0.15) is 0 Å². The molecule has 2 unspecified atom stereocenters. The Balaban J connectivity index is 1.99. The first-order valence-electron chi connectivity index (χ1n) is 7.93. The molecule has 0 spiro atoms. The molecule has 20 heavy (non-hydrogen) atoms. The predicted molar refractivity (Wildman–Crippen MR) is 83.8 cm³/mol. The fraction of sp³-hybridized carbons (Fsp3) is 1.00. The summed E-state index contributed by atoms with van der Waals surface area (Å²) in [6.07, 6.45) is 7.36. The minimum Gasteiger partial charge on any atom is -0.314 e. The van der Waals surface area contributed by atoms with E-state index in [2.05, 4.69) is 17.1 Å². The first kappa shape index (κ1) is 16.2. The summed E-state index contributed by atoms with van der Waals surface area (Å²) >= 11 is 0. The van der Waals surface area contributed by atoms with Gasteiger partial charge in [0.2, 0.25) is 0 Å². The molecule has 2 bridgehead atoms. The lowest BCUT2D eigenvalue weighted by Gasteiger charge is -2.42. The van der Waals surface area contributed by atoms with Crippen molar-refractivity contribution in [2.45, 2.75) is 75.7 Å². The molecule has 2 aliphatic heterocycles. The van der Waals surface area contributed by atoms with E-state index in [9.17, 15) is 8.42 Å². The van der Waals surface area contributed by atoms with Crippen molar-refractivity contribution in [2.24, 2.45) is 0 Å². The van der Waals surface area contributed by atoms with Crippen molar-refractivity contribution in [2.75, 3.05) is 19.3 Å². The Labute approximate surface area is 124 Å². The van der Waals surface area contributed by atoms with E-state index in [1.807, 2.05) is 13.8 Å². The molecule has 0 aliphatic carbocycles. The SMILES string of the molecule is CCCNC1CC2CCC(C1)N2CC(C)(C)S(C)(=O)=O. The molecule has 2 aliphatic rings. The molecule has 0 aromatic rings. The van der Waals surface area contributed by atoms with Gasteiger partial charge in [-0.2, -0.15) is 0 Å². The number of nitrogens with one attached hydrogen (secondary N) is 1. The molecule has 2 atom stereocenters. The molecule has 0 amide bonds. The normalized spacial score (nSPS) is 31.7. The topological polar surface area (TPSA) is 49.4 Å². The van der Waals surface area contributed by atoms with Crippen LogP contribution in [-0.2, 0) is 9.84 Å². The Morgan fingerprint density at radius 1 is 1.20 bits per heavy atom. The van der Waals surface area contributed by atoms with Crippen molar-refractivity contribution in [3.63, 3.8) is 0 Å². The largest absolute Gasteiger partial charge is 0.314 e. The maximum atomic E-state index is 11.9. The molecule has 4 nitrogen and oxygen atoms in total. The van der Waals surface area contributed by atoms with E-state index in [4.69, 9.17) is 0 Å². The molecule has 5 heteroatoms. The Bertz CT molecular complexity index is 419. The number of rotatable bonds is 6. The molecule has 0 radical (unpaired) electrons. The van der Waals surface area contributed by atoms with Crippen LogP contribution in [0, 0.1) is 0 Å². The molecule has 0 aromatic carbocycles. The lowest BCUT2D eigenvalue weighted by molar-refractivity contribution is 0.107. The molecule has 2 saturated heterocycles. The number of sulfone groups is 1. The van der Waals surface area contributed by atoms with E-state index in [-0.39, 0.29) is 0 Å². The first-order chi connectivity index (χ1) is 9.24. The molecule has 1 N–H and O–H groups in total. The summed E-state index contributed by atoms with van der Waals surface area (Å²) in [5.41, 5.74) is 0. The highest BCUT2D eigenvalue weighted by Crippen LogP contribution is 2.37. The van der Waals surface area contributed by atoms with Crippen LogP contribution in [0.5, 0.6) is 0 Å². The fourth-order valence-corrected chi connectivity index (χ4v) is 3.99. The third-order valence-electron chi connectivity index (χ3n) is 5.13. The Hall–Kier alpha value is -0.130. The molecular formula is C15H30N2O2S. The third kappa shape index (κ3) is 3.37. The smallest absolute Gasteiger partial charge is 0.153 e. The highest BCUT2D eigenvalue weighted by molar-refractivity contribution is 7.92. The third-order valence-corrected chi connectivity index (χ3v) is 7.27. The highest BCUT2D eigenvalue weighted by atomic mass is 32.2. The number of hydrogen-bond acceptors (Lipinski definition) is 4. The fourth-order valence-electron chi connectivity index (χ4n) is 3.60. The molecule has 2 rings (SSSR count). The van der Waals surface area contributed by atoms with E-state index < -0.39 is 14.6 Å². The molecule has 2 fully saturated rings. The standard InChI is InChI=1S/C15H30N2O2S/c1-5-8-16-12-9-13-6-7-14(10-12)17(13)11-15(2,3)20(4,18)19/h12-14,16H,5-11H2,1-4H3. The number of fused-ring (bicyclic) bond motifs is 2. The first-order valence-corrected chi connectivity index (χ1v) is 9.82. The molecule has 2 heterocycles. The van der Waals surface area contributed by atoms with E-state index in [1.165, 1.54) is 38.4 Å². The highest BCUT2D eigenvalue weighted by Gasteiger charge is 2.44. The lowest BCUT2D eigenvalue weighted by Crippen LogP contribution is -2.54. The minimum atomic E-state index is -3.01. The zero-order chi connectivity index (χ0) is 15.0. The lowest BCUT2D eigenvalue weighted by atomic mass is 9.96. The summed E-state index contributed by atoms with van der Waals surface area (Å²) in [5, 5.41) is 3.64. The molecule has 118 valence electrons. The van der Waals surface area contributed by atoms with Crippen LogP contribution in [0.3, 0.4) is 0 Å². The van der Waals surface area contributed by atoms with Gasteiger partial charge in [0.15, 0.2) is 9.84 Å². The summed E-state index contributed by atoms with van der Waals surface area (Å²) in [4.78, 5) is 2.48. The zero-order valence-electron chi connectivity index (χ0n) is 13.4. The average Bonchev–Trinajstić information content (AvgIpc) is 2.59. The number of piperidine rings is 1. The van der Waals surface area contributed by atoms with Gasteiger partial charge >= 0.3 is 0 Å². The van der Waals surface area contributed by atoms with Gasteiger partial charge in [0, 0.05) is 30.9 Å². The van der Waals surface area contributed by atoms with Crippen molar-refractivity contribution in [3.8, 4) is 0 Å². The predicted octanol–water partition coefficient (Wildman–Crippen LogP) is 1.80. The second-order valence-corrected chi connectivity index (χ2v) is 9.86. The van der Waals surface area contributed by atoms with Gasteiger partial charge in [-0.05, 0) is 52.5 Å². The van der Waals surface area contributed by atoms with Crippen LogP contribution in [0.15, 0.2) is 0 Å². The van der Waals surface area contributed by atoms with E-state index in [0.29, 0.717) is 24.7 Å². The van der Waals surface area contributed by atoms with Crippen LogP contribution in [0.4, 0.5) is 0 Å². The van der Waals surface area contributed by atoms with E-state index >= 15 is 0 Å². The van der Waals surface area contributed by atoms with E-state index in [1.54, 1.807) is 0 Å². The minimum absolute atomic E-state index is 0.573. The van der Waals surface area contributed by atoms with Gasteiger partial charge in [0.25, 0.3) is 0 Å². The van der Waals surface area contributed by atoms with Crippen LogP contribution in [-0.4, -0.2) is 55.5 Å². The van der Waals surface area contributed by atoms with Gasteiger partial charge in [-0.25, -0.2) is 8.42 Å². The van der Waals surface area contributed by atoms with Crippen LogP contribution in [0.25, 0.3) is 0 Å². The number of hydrogen-bond donors (Lipinski definition) is 1. The zero-order valence-corrected chi connectivity index (χ0v) is 14.2. The van der Waals surface area contributed by atoms with Crippen molar-refractivity contribution >= 4 is 9.84 Å². The maximum Gasteiger partial charge on any atom is 0.153 e.